The third kappa shape index (κ3) is 9.53. The molecular weight excluding hydrogens is 304 g/mol. The van der Waals surface area contributed by atoms with E-state index in [4.69, 9.17) is 9.47 Å². The van der Waals surface area contributed by atoms with E-state index in [1.165, 1.54) is 0 Å². The first-order chi connectivity index (χ1) is 11.7. The number of hydrogen-bond acceptors (Lipinski definition) is 4. The van der Waals surface area contributed by atoms with Crippen LogP contribution in [-0.4, -0.2) is 24.1 Å². The number of allylic oxidation sites excluding steroid dienone is 4. The van der Waals surface area contributed by atoms with Gasteiger partial charge in [0.2, 0.25) is 0 Å². The molecule has 2 unspecified atom stereocenters. The van der Waals surface area contributed by atoms with Crippen LogP contribution in [0.2, 0.25) is 0 Å². The van der Waals surface area contributed by atoms with E-state index < -0.39 is 0 Å². The molecule has 0 saturated carbocycles. The number of cyclic esters (lactones) is 2. The van der Waals surface area contributed by atoms with Crippen molar-refractivity contribution < 1.29 is 19.1 Å². The summed E-state index contributed by atoms with van der Waals surface area (Å²) in [5.41, 5.74) is 0. The number of hydrogen-bond donors (Lipinski definition) is 0. The van der Waals surface area contributed by atoms with Gasteiger partial charge in [-0.05, 0) is 51.4 Å². The van der Waals surface area contributed by atoms with Crippen LogP contribution in [0.15, 0.2) is 24.3 Å². The number of carbonyl (C=O) groups excluding carboxylic acids is 2. The molecule has 4 heteroatoms. The molecule has 24 heavy (non-hydrogen) atoms. The minimum atomic E-state index is -0.0283. The first-order valence-corrected chi connectivity index (χ1v) is 9.34. The molecule has 2 aliphatic heterocycles. The summed E-state index contributed by atoms with van der Waals surface area (Å²) in [4.78, 5) is 21.4. The van der Waals surface area contributed by atoms with E-state index >= 15 is 0 Å². The van der Waals surface area contributed by atoms with E-state index in [0.29, 0.717) is 12.8 Å². The normalized spacial score (nSPS) is 23.4. The second-order valence-corrected chi connectivity index (χ2v) is 6.22. The highest BCUT2D eigenvalue weighted by Crippen LogP contribution is 2.19. The van der Waals surface area contributed by atoms with Gasteiger partial charge in [0.05, 0.1) is 0 Å². The lowest BCUT2D eigenvalue weighted by atomic mass is 10.1. The van der Waals surface area contributed by atoms with Crippen molar-refractivity contribution in [2.45, 2.75) is 90.3 Å². The van der Waals surface area contributed by atoms with Crippen molar-refractivity contribution in [1.29, 1.82) is 0 Å². The van der Waals surface area contributed by atoms with Crippen LogP contribution in [0.4, 0.5) is 0 Å². The molecule has 0 aromatic heterocycles. The summed E-state index contributed by atoms with van der Waals surface area (Å²) >= 11 is 0. The predicted molar refractivity (Wildman–Crippen MR) is 95.6 cm³/mol. The largest absolute Gasteiger partial charge is 0.462 e. The molecule has 4 nitrogen and oxygen atoms in total. The molecular formula is C20H32O4. The molecule has 0 N–H and O–H groups in total. The highest BCUT2D eigenvalue weighted by atomic mass is 16.6. The van der Waals surface area contributed by atoms with Gasteiger partial charge in [0.25, 0.3) is 0 Å². The van der Waals surface area contributed by atoms with Crippen LogP contribution in [0.5, 0.6) is 0 Å². The van der Waals surface area contributed by atoms with Gasteiger partial charge in [-0.15, -0.1) is 0 Å². The average Bonchev–Trinajstić information content (AvgIpc) is 3.17. The Kier molecular flexibility index (Phi) is 10.9. The van der Waals surface area contributed by atoms with Crippen molar-refractivity contribution in [2.75, 3.05) is 0 Å². The fraction of sp³-hybridized carbons (Fsp3) is 0.700. The van der Waals surface area contributed by atoms with E-state index in [2.05, 4.69) is 38.2 Å². The summed E-state index contributed by atoms with van der Waals surface area (Å²) in [5, 5.41) is 0. The zero-order chi connectivity index (χ0) is 17.6. The first-order valence-electron chi connectivity index (χ1n) is 9.34. The number of rotatable bonds is 8. The number of esters is 2. The summed E-state index contributed by atoms with van der Waals surface area (Å²) < 4.78 is 10.1. The molecule has 2 rings (SSSR count). The van der Waals surface area contributed by atoms with E-state index in [-0.39, 0.29) is 24.1 Å². The molecule has 0 aliphatic carbocycles. The molecule has 0 radical (unpaired) electrons. The van der Waals surface area contributed by atoms with Crippen LogP contribution in [0.25, 0.3) is 0 Å². The van der Waals surface area contributed by atoms with Gasteiger partial charge in [0.15, 0.2) is 0 Å². The van der Waals surface area contributed by atoms with Gasteiger partial charge in [-0.3, -0.25) is 9.59 Å². The van der Waals surface area contributed by atoms with Crippen LogP contribution in [0.3, 0.4) is 0 Å². The second kappa shape index (κ2) is 12.8. The average molecular weight is 336 g/mol. The van der Waals surface area contributed by atoms with Gasteiger partial charge >= 0.3 is 11.9 Å². The van der Waals surface area contributed by atoms with Crippen LogP contribution in [-0.2, 0) is 19.1 Å². The molecule has 0 spiro atoms. The molecule has 0 aromatic rings. The smallest absolute Gasteiger partial charge is 0.306 e. The fourth-order valence-electron chi connectivity index (χ4n) is 2.70. The van der Waals surface area contributed by atoms with E-state index in [9.17, 15) is 9.59 Å². The Bertz CT molecular complexity index is 385. The van der Waals surface area contributed by atoms with Crippen LogP contribution in [0.1, 0.15) is 78.1 Å². The minimum absolute atomic E-state index is 0.0283. The number of carbonyl (C=O) groups is 2. The van der Waals surface area contributed by atoms with Gasteiger partial charge in [0.1, 0.15) is 12.2 Å². The first kappa shape index (κ1) is 20.5. The van der Waals surface area contributed by atoms with Crippen molar-refractivity contribution in [3.05, 3.63) is 24.3 Å². The van der Waals surface area contributed by atoms with E-state index in [1.807, 2.05) is 0 Å². The Labute approximate surface area is 146 Å². The van der Waals surface area contributed by atoms with Crippen molar-refractivity contribution in [1.82, 2.24) is 0 Å². The van der Waals surface area contributed by atoms with E-state index in [0.717, 1.165) is 51.4 Å². The summed E-state index contributed by atoms with van der Waals surface area (Å²) in [6.45, 7) is 4.23. The Balaban J connectivity index is 0.000000240. The summed E-state index contributed by atoms with van der Waals surface area (Å²) in [6, 6.07) is 0. The quantitative estimate of drug-likeness (QED) is 0.468. The third-order valence-electron chi connectivity index (χ3n) is 4.05. The van der Waals surface area contributed by atoms with Crippen LogP contribution in [0, 0.1) is 0 Å². The van der Waals surface area contributed by atoms with Crippen LogP contribution >= 0.6 is 0 Å². The molecule has 2 atom stereocenters. The fourth-order valence-corrected chi connectivity index (χ4v) is 2.70. The predicted octanol–water partition coefficient (Wildman–Crippen LogP) is 4.88. The molecule has 0 aromatic carbocycles. The molecule has 0 amide bonds. The van der Waals surface area contributed by atoms with Gasteiger partial charge in [-0.1, -0.05) is 38.2 Å². The molecule has 0 bridgehead atoms. The lowest BCUT2D eigenvalue weighted by Crippen LogP contribution is -2.05. The second-order valence-electron chi connectivity index (χ2n) is 6.22. The lowest BCUT2D eigenvalue weighted by Gasteiger charge is -2.05. The molecule has 2 saturated heterocycles. The van der Waals surface area contributed by atoms with Gasteiger partial charge in [-0.25, -0.2) is 0 Å². The summed E-state index contributed by atoms with van der Waals surface area (Å²) in [6.07, 6.45) is 18.3. The van der Waals surface area contributed by atoms with Crippen molar-refractivity contribution >= 4 is 11.9 Å². The molecule has 2 aliphatic rings. The maximum Gasteiger partial charge on any atom is 0.306 e. The highest BCUT2D eigenvalue weighted by molar-refractivity contribution is 5.71. The molecule has 136 valence electrons. The lowest BCUT2D eigenvalue weighted by molar-refractivity contribution is -0.142. The topological polar surface area (TPSA) is 52.6 Å². The Morgan fingerprint density at radius 1 is 0.792 bits per heavy atom. The zero-order valence-electron chi connectivity index (χ0n) is 15.2. The molecule has 2 fully saturated rings. The summed E-state index contributed by atoms with van der Waals surface area (Å²) in [7, 11) is 0. The van der Waals surface area contributed by atoms with Crippen molar-refractivity contribution in [3.63, 3.8) is 0 Å². The maximum absolute atomic E-state index is 10.7. The standard InChI is InChI=1S/2C10H16O2/c2*1-2-3-4-5-6-9-7-8-10(11)12-9/h2*3-4,9H,2,5-8H2,1H3/b4-3+;. The van der Waals surface area contributed by atoms with Gasteiger partial charge in [0, 0.05) is 12.8 Å². The zero-order valence-corrected chi connectivity index (χ0v) is 15.2. The monoisotopic (exact) mass is 336 g/mol. The van der Waals surface area contributed by atoms with Crippen LogP contribution < -0.4 is 0 Å². The number of ether oxygens (including phenoxy) is 2. The highest BCUT2D eigenvalue weighted by Gasteiger charge is 2.22. The van der Waals surface area contributed by atoms with Gasteiger partial charge < -0.3 is 9.47 Å². The van der Waals surface area contributed by atoms with Crippen molar-refractivity contribution in [2.24, 2.45) is 0 Å². The Hall–Kier alpha value is -1.58. The van der Waals surface area contributed by atoms with E-state index in [1.54, 1.807) is 0 Å². The minimum Gasteiger partial charge on any atom is -0.462 e. The SMILES string of the molecule is CC/C=C/CCC1CCC(=O)O1.CCC=CCCC1CCC(=O)O1. The van der Waals surface area contributed by atoms with Crippen molar-refractivity contribution in [3.8, 4) is 0 Å². The Morgan fingerprint density at radius 2 is 1.21 bits per heavy atom. The molecule has 2 heterocycles. The maximum atomic E-state index is 10.7. The Morgan fingerprint density at radius 3 is 1.50 bits per heavy atom. The summed E-state index contributed by atoms with van der Waals surface area (Å²) in [5.74, 6) is -0.0565. The third-order valence-corrected chi connectivity index (χ3v) is 4.05. The van der Waals surface area contributed by atoms with Gasteiger partial charge in [-0.2, -0.15) is 0 Å².